The summed E-state index contributed by atoms with van der Waals surface area (Å²) in [6.45, 7) is 6.34. The van der Waals surface area contributed by atoms with Crippen molar-refractivity contribution in [2.45, 2.75) is 52.4 Å². The van der Waals surface area contributed by atoms with E-state index < -0.39 is 5.97 Å². The van der Waals surface area contributed by atoms with Gasteiger partial charge in [0.15, 0.2) is 0 Å². The molecule has 112 valence electrons. The minimum Gasteiger partial charge on any atom is -0.477 e. The number of aromatic nitrogens is 1. The van der Waals surface area contributed by atoms with Gasteiger partial charge in [-0.3, -0.25) is 0 Å². The van der Waals surface area contributed by atoms with E-state index in [4.69, 9.17) is 0 Å². The lowest BCUT2D eigenvalue weighted by atomic mass is 9.88. The molecule has 21 heavy (non-hydrogen) atoms. The third-order valence-corrected chi connectivity index (χ3v) is 4.13. The Bertz CT molecular complexity index is 649. The smallest absolute Gasteiger partial charge is 0.354 e. The number of nitrogens with zero attached hydrogens (tertiary/aromatic N) is 1. The molecule has 0 saturated carbocycles. The normalized spacial score (nSPS) is 12.5. The van der Waals surface area contributed by atoms with E-state index in [1.807, 2.05) is 19.1 Å². The van der Waals surface area contributed by atoms with Crippen molar-refractivity contribution in [3.8, 4) is 0 Å². The first-order chi connectivity index (χ1) is 10.1. The molecule has 3 nitrogen and oxygen atoms in total. The second-order valence-electron chi connectivity index (χ2n) is 5.62. The van der Waals surface area contributed by atoms with Gasteiger partial charge < -0.3 is 5.11 Å². The molecule has 1 aromatic carbocycles. The number of hydrogen-bond donors (Lipinski definition) is 1. The number of aromatic carboxylic acids is 1. The van der Waals surface area contributed by atoms with Crippen molar-refractivity contribution in [3.63, 3.8) is 0 Å². The zero-order valence-electron chi connectivity index (χ0n) is 13.0. The summed E-state index contributed by atoms with van der Waals surface area (Å²) >= 11 is 0. The van der Waals surface area contributed by atoms with Crippen LogP contribution in [-0.4, -0.2) is 16.1 Å². The lowest BCUT2D eigenvalue weighted by Gasteiger charge is -2.18. The van der Waals surface area contributed by atoms with Crippen LogP contribution < -0.4 is 0 Å². The summed E-state index contributed by atoms with van der Waals surface area (Å²) in [6.07, 6.45) is 4.44. The van der Waals surface area contributed by atoms with Crippen LogP contribution in [0.1, 0.15) is 67.1 Å². The van der Waals surface area contributed by atoms with E-state index in [2.05, 4.69) is 24.9 Å². The number of para-hydroxylation sites is 1. The number of carboxylic acid groups (broad SMARTS) is 1. The van der Waals surface area contributed by atoms with E-state index in [1.165, 1.54) is 0 Å². The number of benzene rings is 1. The third-order valence-electron chi connectivity index (χ3n) is 4.13. The maximum atomic E-state index is 11.4. The number of rotatable bonds is 6. The van der Waals surface area contributed by atoms with Crippen molar-refractivity contribution in [1.82, 2.24) is 4.98 Å². The van der Waals surface area contributed by atoms with E-state index >= 15 is 0 Å². The van der Waals surface area contributed by atoms with Gasteiger partial charge in [-0.05, 0) is 42.9 Å². The predicted molar refractivity (Wildman–Crippen MR) is 86.0 cm³/mol. The monoisotopic (exact) mass is 285 g/mol. The highest BCUT2D eigenvalue weighted by Gasteiger charge is 2.17. The van der Waals surface area contributed by atoms with Crippen molar-refractivity contribution in [3.05, 3.63) is 41.1 Å². The van der Waals surface area contributed by atoms with Crippen molar-refractivity contribution >= 4 is 16.9 Å². The summed E-state index contributed by atoms with van der Waals surface area (Å²) in [6, 6.07) is 7.84. The number of carbonyl (C=O) groups is 1. The third kappa shape index (κ3) is 3.23. The van der Waals surface area contributed by atoms with Crippen LogP contribution in [0, 0.1) is 6.92 Å². The molecule has 0 spiro atoms. The second-order valence-corrected chi connectivity index (χ2v) is 5.62. The first-order valence-corrected chi connectivity index (χ1v) is 7.72. The molecule has 0 aliphatic carbocycles. The number of pyridine rings is 1. The molecular formula is C18H23NO2. The molecule has 2 rings (SSSR count). The SMILES string of the molecule is CCCCC(CC)c1cc(C(=O)O)nc2c(C)cccc12. The maximum absolute atomic E-state index is 11.4. The highest BCUT2D eigenvalue weighted by atomic mass is 16.4. The lowest BCUT2D eigenvalue weighted by molar-refractivity contribution is 0.0691. The fourth-order valence-electron chi connectivity index (χ4n) is 2.90. The van der Waals surface area contributed by atoms with Crippen LogP contribution in [0.2, 0.25) is 0 Å². The van der Waals surface area contributed by atoms with Gasteiger partial charge in [0, 0.05) is 5.39 Å². The van der Waals surface area contributed by atoms with Gasteiger partial charge in [-0.2, -0.15) is 0 Å². The molecule has 0 saturated heterocycles. The second kappa shape index (κ2) is 6.70. The Balaban J connectivity index is 2.64. The van der Waals surface area contributed by atoms with Crippen LogP contribution in [0.3, 0.4) is 0 Å². The van der Waals surface area contributed by atoms with Gasteiger partial charge in [-0.15, -0.1) is 0 Å². The van der Waals surface area contributed by atoms with Crippen molar-refractivity contribution < 1.29 is 9.90 Å². The average molecular weight is 285 g/mol. The van der Waals surface area contributed by atoms with Crippen LogP contribution in [-0.2, 0) is 0 Å². The molecule has 0 aliphatic rings. The minimum atomic E-state index is -0.952. The topological polar surface area (TPSA) is 50.2 Å². The Kier molecular flexibility index (Phi) is 4.94. The maximum Gasteiger partial charge on any atom is 0.354 e. The molecule has 0 radical (unpaired) electrons. The first-order valence-electron chi connectivity index (χ1n) is 7.72. The number of hydrogen-bond acceptors (Lipinski definition) is 2. The summed E-state index contributed by atoms with van der Waals surface area (Å²) in [7, 11) is 0. The van der Waals surface area contributed by atoms with Crippen LogP contribution in [0.5, 0.6) is 0 Å². The number of unbranched alkanes of at least 4 members (excludes halogenated alkanes) is 1. The number of aryl methyl sites for hydroxylation is 1. The summed E-state index contributed by atoms with van der Waals surface area (Å²) in [5.74, 6) is -0.554. The van der Waals surface area contributed by atoms with Gasteiger partial charge in [0.1, 0.15) is 5.69 Å². The molecule has 1 heterocycles. The molecule has 0 bridgehead atoms. The van der Waals surface area contributed by atoms with E-state index in [0.717, 1.165) is 47.7 Å². The molecule has 2 aromatic rings. The van der Waals surface area contributed by atoms with Crippen LogP contribution >= 0.6 is 0 Å². The van der Waals surface area contributed by atoms with Gasteiger partial charge >= 0.3 is 5.97 Å². The summed E-state index contributed by atoms with van der Waals surface area (Å²) in [4.78, 5) is 15.7. The minimum absolute atomic E-state index is 0.154. The van der Waals surface area contributed by atoms with Crippen LogP contribution in [0.15, 0.2) is 24.3 Å². The van der Waals surface area contributed by atoms with Gasteiger partial charge in [0.05, 0.1) is 5.52 Å². The highest BCUT2D eigenvalue weighted by Crippen LogP contribution is 2.32. The van der Waals surface area contributed by atoms with E-state index in [-0.39, 0.29) is 5.69 Å². The number of carboxylic acids is 1. The molecule has 1 atom stereocenters. The molecule has 1 N–H and O–H groups in total. The Morgan fingerprint density at radius 2 is 2.10 bits per heavy atom. The van der Waals surface area contributed by atoms with Gasteiger partial charge in [0.2, 0.25) is 0 Å². The Morgan fingerprint density at radius 1 is 1.33 bits per heavy atom. The van der Waals surface area contributed by atoms with Gasteiger partial charge in [0.25, 0.3) is 0 Å². The van der Waals surface area contributed by atoms with E-state index in [9.17, 15) is 9.90 Å². The Morgan fingerprint density at radius 3 is 2.71 bits per heavy atom. The molecule has 1 unspecified atom stereocenters. The molecule has 0 fully saturated rings. The van der Waals surface area contributed by atoms with Crippen LogP contribution in [0.4, 0.5) is 0 Å². The van der Waals surface area contributed by atoms with Crippen molar-refractivity contribution in [2.24, 2.45) is 0 Å². The fraction of sp³-hybridized carbons (Fsp3) is 0.444. The van der Waals surface area contributed by atoms with Crippen LogP contribution in [0.25, 0.3) is 10.9 Å². The summed E-state index contributed by atoms with van der Waals surface area (Å²) in [5, 5.41) is 10.4. The molecule has 1 aromatic heterocycles. The Hall–Kier alpha value is -1.90. The standard InChI is InChI=1S/C18H23NO2/c1-4-6-9-13(5-2)15-11-16(18(20)21)19-17-12(3)8-7-10-14(15)17/h7-8,10-11,13H,4-6,9H2,1-3H3,(H,20,21). The zero-order valence-corrected chi connectivity index (χ0v) is 13.0. The zero-order chi connectivity index (χ0) is 15.4. The molecular weight excluding hydrogens is 262 g/mol. The van der Waals surface area contributed by atoms with E-state index in [1.54, 1.807) is 6.07 Å². The molecule has 0 amide bonds. The number of fused-ring (bicyclic) bond motifs is 1. The van der Waals surface area contributed by atoms with E-state index in [0.29, 0.717) is 5.92 Å². The molecule has 3 heteroatoms. The van der Waals surface area contributed by atoms with Crippen molar-refractivity contribution in [1.29, 1.82) is 0 Å². The van der Waals surface area contributed by atoms with Gasteiger partial charge in [-0.1, -0.05) is 44.9 Å². The highest BCUT2D eigenvalue weighted by molar-refractivity contribution is 5.92. The lowest BCUT2D eigenvalue weighted by Crippen LogP contribution is -2.06. The largest absolute Gasteiger partial charge is 0.477 e. The quantitative estimate of drug-likeness (QED) is 0.819. The Labute approximate surface area is 126 Å². The fourth-order valence-corrected chi connectivity index (χ4v) is 2.90. The summed E-state index contributed by atoms with van der Waals surface area (Å²) in [5.41, 5.74) is 3.14. The van der Waals surface area contributed by atoms with Gasteiger partial charge in [-0.25, -0.2) is 9.78 Å². The summed E-state index contributed by atoms with van der Waals surface area (Å²) < 4.78 is 0. The average Bonchev–Trinajstić information content (AvgIpc) is 2.48. The first kappa shape index (κ1) is 15.5. The molecule has 0 aliphatic heterocycles. The predicted octanol–water partition coefficient (Wildman–Crippen LogP) is 4.93. The van der Waals surface area contributed by atoms with Crippen molar-refractivity contribution in [2.75, 3.05) is 0 Å².